The Kier molecular flexibility index (Phi) is 7.06. The van der Waals surface area contributed by atoms with Gasteiger partial charge in [0.15, 0.2) is 11.6 Å². The Balaban J connectivity index is 1.39. The molecular weight excluding hydrogens is 391 g/mol. The normalized spacial score (nSPS) is 17.5. The van der Waals surface area contributed by atoms with Crippen molar-refractivity contribution in [3.05, 3.63) is 36.3 Å². The van der Waals surface area contributed by atoms with E-state index in [9.17, 15) is 4.39 Å². The van der Waals surface area contributed by atoms with Crippen molar-refractivity contribution < 1.29 is 23.3 Å². The zero-order valence-corrected chi connectivity index (χ0v) is 17.6. The summed E-state index contributed by atoms with van der Waals surface area (Å²) in [5.41, 5.74) is 6.18. The lowest BCUT2D eigenvalue weighted by atomic mass is 9.95. The predicted octanol–water partition coefficient (Wildman–Crippen LogP) is 3.86. The number of nitrogens with zero attached hydrogens (tertiary/aromatic N) is 2. The maximum absolute atomic E-state index is 13.1. The number of nitrogens with one attached hydrogen (secondary N) is 1. The predicted molar refractivity (Wildman–Crippen MR) is 111 cm³/mol. The van der Waals surface area contributed by atoms with E-state index in [2.05, 4.69) is 29.1 Å². The van der Waals surface area contributed by atoms with Crippen LogP contribution in [0.3, 0.4) is 0 Å². The highest BCUT2D eigenvalue weighted by atomic mass is 19.1. The number of nitrogens with two attached hydrogens (primary N) is 1. The second-order valence-electron chi connectivity index (χ2n) is 7.90. The maximum atomic E-state index is 13.1. The molecule has 2 aromatic rings. The summed E-state index contributed by atoms with van der Waals surface area (Å²) in [5.74, 6) is -0.859. The molecule has 1 aromatic carbocycles. The highest BCUT2D eigenvalue weighted by Gasteiger charge is 2.40. The topological polar surface area (TPSA) is 101 Å². The summed E-state index contributed by atoms with van der Waals surface area (Å²) in [6.45, 7) is 8.36. The van der Waals surface area contributed by atoms with Crippen molar-refractivity contribution >= 4 is 17.5 Å². The Morgan fingerprint density at radius 1 is 1.17 bits per heavy atom. The second-order valence-corrected chi connectivity index (χ2v) is 7.90. The molecule has 1 saturated heterocycles. The van der Waals surface area contributed by atoms with Gasteiger partial charge in [-0.2, -0.15) is 4.98 Å². The summed E-state index contributed by atoms with van der Waals surface area (Å²) < 4.78 is 36.4. The van der Waals surface area contributed by atoms with Crippen LogP contribution in [0.2, 0.25) is 0 Å². The molecule has 0 spiro atoms. The standard InChI is InChI=1S/C21H29FN4O4/c1-4-21(29-13-20(2,3)14-30-21)28-11-5-10-27-16-8-6-15(7-9-16)25-19-24-12-17(22)18(23)26-19/h6-9,12H,4-5,10-11,13-14H2,1-3H3,(H3,23,24,25,26). The number of rotatable bonds is 9. The van der Waals surface area contributed by atoms with E-state index in [4.69, 9.17) is 24.7 Å². The molecule has 30 heavy (non-hydrogen) atoms. The van der Waals surface area contributed by atoms with Crippen LogP contribution in [-0.2, 0) is 14.2 Å². The fourth-order valence-corrected chi connectivity index (χ4v) is 2.76. The molecule has 0 saturated carbocycles. The summed E-state index contributed by atoms with van der Waals surface area (Å²) in [5, 5.41) is 2.96. The van der Waals surface area contributed by atoms with E-state index >= 15 is 0 Å². The first-order chi connectivity index (χ1) is 14.3. The first kappa shape index (κ1) is 22.2. The number of nitrogen functional groups attached to an aromatic ring is 1. The first-order valence-corrected chi connectivity index (χ1v) is 10.0. The van der Waals surface area contributed by atoms with Crippen LogP contribution in [0.25, 0.3) is 0 Å². The molecule has 0 radical (unpaired) electrons. The Labute approximate surface area is 175 Å². The van der Waals surface area contributed by atoms with Crippen LogP contribution in [0.15, 0.2) is 30.5 Å². The number of ether oxygens (including phenoxy) is 4. The van der Waals surface area contributed by atoms with Gasteiger partial charge in [0.05, 0.1) is 32.6 Å². The van der Waals surface area contributed by atoms with Gasteiger partial charge in [-0.1, -0.05) is 20.8 Å². The Morgan fingerprint density at radius 3 is 2.50 bits per heavy atom. The lowest BCUT2D eigenvalue weighted by Crippen LogP contribution is -2.49. The Morgan fingerprint density at radius 2 is 1.87 bits per heavy atom. The summed E-state index contributed by atoms with van der Waals surface area (Å²) in [7, 11) is 0. The Bertz CT molecular complexity index is 822. The van der Waals surface area contributed by atoms with Gasteiger partial charge in [-0.05, 0) is 24.3 Å². The van der Waals surface area contributed by atoms with E-state index in [1.807, 2.05) is 31.2 Å². The van der Waals surface area contributed by atoms with E-state index in [-0.39, 0.29) is 17.2 Å². The van der Waals surface area contributed by atoms with Crippen LogP contribution < -0.4 is 15.8 Å². The summed E-state index contributed by atoms with van der Waals surface area (Å²) in [6, 6.07) is 7.26. The van der Waals surface area contributed by atoms with Crippen molar-refractivity contribution in [2.45, 2.75) is 39.6 Å². The summed E-state index contributed by atoms with van der Waals surface area (Å²) in [6.07, 6.45) is 2.35. The minimum atomic E-state index is -0.950. The van der Waals surface area contributed by atoms with Gasteiger partial charge in [0.25, 0.3) is 5.97 Å². The first-order valence-electron chi connectivity index (χ1n) is 10.0. The molecule has 3 N–H and O–H groups in total. The van der Waals surface area contributed by atoms with E-state index in [1.165, 1.54) is 0 Å². The summed E-state index contributed by atoms with van der Waals surface area (Å²) in [4.78, 5) is 7.68. The van der Waals surface area contributed by atoms with Crippen molar-refractivity contribution in [1.29, 1.82) is 0 Å². The summed E-state index contributed by atoms with van der Waals surface area (Å²) >= 11 is 0. The molecule has 2 heterocycles. The van der Waals surface area contributed by atoms with Gasteiger partial charge in [0, 0.05) is 23.9 Å². The fraction of sp³-hybridized carbons (Fsp3) is 0.524. The van der Waals surface area contributed by atoms with E-state index < -0.39 is 11.8 Å². The van der Waals surface area contributed by atoms with Crippen LogP contribution in [0.5, 0.6) is 5.75 Å². The zero-order chi connectivity index (χ0) is 21.6. The third kappa shape index (κ3) is 6.01. The molecule has 0 atom stereocenters. The van der Waals surface area contributed by atoms with Gasteiger partial charge < -0.3 is 30.0 Å². The van der Waals surface area contributed by atoms with Crippen LogP contribution in [-0.4, -0.2) is 42.4 Å². The maximum Gasteiger partial charge on any atom is 0.282 e. The molecule has 1 fully saturated rings. The molecule has 164 valence electrons. The number of anilines is 3. The van der Waals surface area contributed by atoms with Gasteiger partial charge in [0.2, 0.25) is 5.95 Å². The third-order valence-corrected chi connectivity index (χ3v) is 4.56. The molecule has 3 rings (SSSR count). The van der Waals surface area contributed by atoms with Crippen molar-refractivity contribution in [2.24, 2.45) is 5.41 Å². The average molecular weight is 420 g/mol. The number of hydrogen-bond acceptors (Lipinski definition) is 8. The molecule has 1 aliphatic rings. The molecule has 1 aromatic heterocycles. The van der Waals surface area contributed by atoms with Crippen LogP contribution in [0, 0.1) is 11.2 Å². The lowest BCUT2D eigenvalue weighted by molar-refractivity contribution is -0.418. The Hall–Kier alpha value is -2.49. The number of aromatic nitrogens is 2. The molecule has 0 unspecified atom stereocenters. The third-order valence-electron chi connectivity index (χ3n) is 4.56. The average Bonchev–Trinajstić information content (AvgIpc) is 2.73. The molecular formula is C21H29FN4O4. The van der Waals surface area contributed by atoms with Crippen molar-refractivity contribution in [1.82, 2.24) is 9.97 Å². The molecule has 0 bridgehead atoms. The smallest absolute Gasteiger partial charge is 0.282 e. The minimum Gasteiger partial charge on any atom is -0.494 e. The van der Waals surface area contributed by atoms with E-state index in [0.717, 1.165) is 17.6 Å². The molecule has 9 heteroatoms. The molecule has 0 amide bonds. The second kappa shape index (κ2) is 9.55. The van der Waals surface area contributed by atoms with Crippen LogP contribution in [0.1, 0.15) is 33.6 Å². The molecule has 1 aliphatic heterocycles. The number of hydrogen-bond donors (Lipinski definition) is 2. The van der Waals surface area contributed by atoms with Crippen LogP contribution in [0.4, 0.5) is 21.8 Å². The minimum absolute atomic E-state index is 0.00158. The monoisotopic (exact) mass is 420 g/mol. The van der Waals surface area contributed by atoms with Crippen molar-refractivity contribution in [3.8, 4) is 5.75 Å². The van der Waals surface area contributed by atoms with Gasteiger partial charge in [-0.15, -0.1) is 0 Å². The lowest BCUT2D eigenvalue weighted by Gasteiger charge is -2.42. The highest BCUT2D eigenvalue weighted by Crippen LogP contribution is 2.32. The SMILES string of the molecule is CCC1(OCCCOc2ccc(Nc3ncc(F)c(N)n3)cc2)OCC(C)(C)CO1. The van der Waals surface area contributed by atoms with Crippen LogP contribution >= 0.6 is 0 Å². The van der Waals surface area contributed by atoms with Gasteiger partial charge >= 0.3 is 0 Å². The largest absolute Gasteiger partial charge is 0.494 e. The molecule has 8 nitrogen and oxygen atoms in total. The number of benzene rings is 1. The fourth-order valence-electron chi connectivity index (χ4n) is 2.76. The quantitative estimate of drug-likeness (QED) is 0.590. The van der Waals surface area contributed by atoms with Gasteiger partial charge in [0.1, 0.15) is 5.75 Å². The zero-order valence-electron chi connectivity index (χ0n) is 17.6. The van der Waals surface area contributed by atoms with Gasteiger partial charge in [-0.3, -0.25) is 0 Å². The van der Waals surface area contributed by atoms with Crippen molar-refractivity contribution in [3.63, 3.8) is 0 Å². The van der Waals surface area contributed by atoms with Gasteiger partial charge in [-0.25, -0.2) is 9.37 Å². The van der Waals surface area contributed by atoms with Crippen molar-refractivity contribution in [2.75, 3.05) is 37.5 Å². The van der Waals surface area contributed by atoms with E-state index in [1.54, 1.807) is 0 Å². The molecule has 0 aliphatic carbocycles. The van der Waals surface area contributed by atoms with E-state index in [0.29, 0.717) is 39.3 Å². The number of halogens is 1. The highest BCUT2D eigenvalue weighted by molar-refractivity contribution is 5.55.